The molecule has 2 atom stereocenters. The predicted molar refractivity (Wildman–Crippen MR) is 65.9 cm³/mol. The second-order valence-electron chi connectivity index (χ2n) is 4.51. The lowest BCUT2D eigenvalue weighted by molar-refractivity contribution is 0.401. The standard InChI is InChI=1S/C12H15BrN2/c13-10-5-1-3-8-7-9-4-2-6-11(14)15(9)12(8)10/h1,3,5,9,11H,2,4,6-7,14H2. The molecule has 1 fully saturated rings. The molecule has 0 aliphatic carbocycles. The van der Waals surface area contributed by atoms with E-state index in [9.17, 15) is 0 Å². The van der Waals surface area contributed by atoms with Crippen molar-refractivity contribution >= 4 is 21.6 Å². The molecule has 2 unspecified atom stereocenters. The molecular formula is C12H15BrN2. The molecule has 2 aliphatic heterocycles. The van der Waals surface area contributed by atoms with Crippen LogP contribution in [0.4, 0.5) is 5.69 Å². The van der Waals surface area contributed by atoms with Crippen molar-refractivity contribution in [3.8, 4) is 0 Å². The summed E-state index contributed by atoms with van der Waals surface area (Å²) in [6.45, 7) is 0. The zero-order chi connectivity index (χ0) is 10.4. The maximum Gasteiger partial charge on any atom is 0.0774 e. The van der Waals surface area contributed by atoms with Gasteiger partial charge in [-0.05, 0) is 53.2 Å². The van der Waals surface area contributed by atoms with Crippen LogP contribution in [0.25, 0.3) is 0 Å². The number of fused-ring (bicyclic) bond motifs is 3. The number of halogens is 1. The molecule has 0 radical (unpaired) electrons. The Kier molecular flexibility index (Phi) is 2.25. The monoisotopic (exact) mass is 266 g/mol. The van der Waals surface area contributed by atoms with Crippen LogP contribution in [0.1, 0.15) is 24.8 Å². The van der Waals surface area contributed by atoms with Gasteiger partial charge in [-0.3, -0.25) is 0 Å². The zero-order valence-corrected chi connectivity index (χ0v) is 10.2. The Bertz CT molecular complexity index is 391. The topological polar surface area (TPSA) is 29.3 Å². The molecule has 0 aromatic heterocycles. The molecule has 3 rings (SSSR count). The summed E-state index contributed by atoms with van der Waals surface area (Å²) in [7, 11) is 0. The lowest BCUT2D eigenvalue weighted by Crippen LogP contribution is -2.49. The Morgan fingerprint density at radius 1 is 1.33 bits per heavy atom. The van der Waals surface area contributed by atoms with Gasteiger partial charge in [0.1, 0.15) is 0 Å². The van der Waals surface area contributed by atoms with Crippen LogP contribution in [0.15, 0.2) is 22.7 Å². The van der Waals surface area contributed by atoms with Crippen molar-refractivity contribution < 1.29 is 0 Å². The minimum atomic E-state index is 0.212. The van der Waals surface area contributed by atoms with Gasteiger partial charge in [0.25, 0.3) is 0 Å². The lowest BCUT2D eigenvalue weighted by atomic mass is 10.00. The number of nitrogens with zero attached hydrogens (tertiary/aromatic N) is 1. The molecule has 2 N–H and O–H groups in total. The third-order valence-corrected chi connectivity index (χ3v) is 4.21. The number of hydrogen-bond acceptors (Lipinski definition) is 2. The first kappa shape index (κ1) is 9.67. The highest BCUT2D eigenvalue weighted by atomic mass is 79.9. The SMILES string of the molecule is NC1CCCC2Cc3cccc(Br)c3N12. The third kappa shape index (κ3) is 1.41. The Labute approximate surface area is 98.6 Å². The van der Waals surface area contributed by atoms with E-state index in [1.165, 1.54) is 35.0 Å². The molecule has 2 nitrogen and oxygen atoms in total. The fraction of sp³-hybridized carbons (Fsp3) is 0.500. The molecule has 2 heterocycles. The second-order valence-corrected chi connectivity index (χ2v) is 5.37. The van der Waals surface area contributed by atoms with Crippen molar-refractivity contribution in [3.63, 3.8) is 0 Å². The molecule has 3 heteroatoms. The van der Waals surface area contributed by atoms with E-state index >= 15 is 0 Å². The Morgan fingerprint density at radius 2 is 2.20 bits per heavy atom. The number of hydrogen-bond donors (Lipinski definition) is 1. The zero-order valence-electron chi connectivity index (χ0n) is 8.62. The van der Waals surface area contributed by atoms with Crippen LogP contribution in [-0.4, -0.2) is 12.2 Å². The van der Waals surface area contributed by atoms with Gasteiger partial charge >= 0.3 is 0 Å². The van der Waals surface area contributed by atoms with Crippen molar-refractivity contribution in [1.29, 1.82) is 0 Å². The molecule has 15 heavy (non-hydrogen) atoms. The number of benzene rings is 1. The number of piperidine rings is 1. The molecule has 1 aromatic carbocycles. The fourth-order valence-corrected chi connectivity index (χ4v) is 3.54. The first-order chi connectivity index (χ1) is 7.27. The van der Waals surface area contributed by atoms with Crippen LogP contribution < -0.4 is 10.6 Å². The molecular weight excluding hydrogens is 252 g/mol. The van der Waals surface area contributed by atoms with Crippen molar-refractivity contribution in [2.24, 2.45) is 5.73 Å². The average Bonchev–Trinajstić information content (AvgIpc) is 2.58. The minimum Gasteiger partial charge on any atom is -0.352 e. The Balaban J connectivity index is 2.08. The first-order valence-electron chi connectivity index (χ1n) is 5.58. The molecule has 0 saturated carbocycles. The number of para-hydroxylation sites is 1. The van der Waals surface area contributed by atoms with Crippen molar-refractivity contribution in [2.45, 2.75) is 37.9 Å². The van der Waals surface area contributed by atoms with Crippen molar-refractivity contribution in [1.82, 2.24) is 0 Å². The maximum atomic E-state index is 6.21. The molecule has 0 bridgehead atoms. The third-order valence-electron chi connectivity index (χ3n) is 3.57. The van der Waals surface area contributed by atoms with E-state index in [1.54, 1.807) is 0 Å². The average molecular weight is 267 g/mol. The summed E-state index contributed by atoms with van der Waals surface area (Å²) in [6, 6.07) is 7.10. The minimum absolute atomic E-state index is 0.212. The second kappa shape index (κ2) is 3.49. The highest BCUT2D eigenvalue weighted by Crippen LogP contribution is 2.42. The number of rotatable bonds is 0. The van der Waals surface area contributed by atoms with Gasteiger partial charge in [-0.25, -0.2) is 0 Å². The molecule has 0 spiro atoms. The van der Waals surface area contributed by atoms with E-state index in [-0.39, 0.29) is 6.17 Å². The Hall–Kier alpha value is -0.540. The van der Waals surface area contributed by atoms with Gasteiger partial charge in [0.15, 0.2) is 0 Å². The van der Waals surface area contributed by atoms with Crippen molar-refractivity contribution in [2.75, 3.05) is 4.90 Å². The van der Waals surface area contributed by atoms with Crippen LogP contribution in [0.3, 0.4) is 0 Å². The smallest absolute Gasteiger partial charge is 0.0774 e. The highest BCUT2D eigenvalue weighted by Gasteiger charge is 2.36. The summed E-state index contributed by atoms with van der Waals surface area (Å²) < 4.78 is 1.19. The van der Waals surface area contributed by atoms with Gasteiger partial charge in [0, 0.05) is 10.5 Å². The van der Waals surface area contributed by atoms with E-state index in [4.69, 9.17) is 5.73 Å². The summed E-state index contributed by atoms with van der Waals surface area (Å²) in [5, 5.41) is 0. The first-order valence-corrected chi connectivity index (χ1v) is 6.38. The largest absolute Gasteiger partial charge is 0.352 e. The molecule has 2 aliphatic rings. The summed E-state index contributed by atoms with van der Waals surface area (Å²) in [6.07, 6.45) is 5.06. The molecule has 80 valence electrons. The van der Waals surface area contributed by atoms with Crippen molar-refractivity contribution in [3.05, 3.63) is 28.2 Å². The van der Waals surface area contributed by atoms with E-state index in [0.29, 0.717) is 6.04 Å². The maximum absolute atomic E-state index is 6.21. The van der Waals surface area contributed by atoms with Crippen LogP contribution >= 0.6 is 15.9 Å². The van der Waals surface area contributed by atoms with Gasteiger partial charge in [-0.2, -0.15) is 0 Å². The summed E-state index contributed by atoms with van der Waals surface area (Å²) in [5.74, 6) is 0. The summed E-state index contributed by atoms with van der Waals surface area (Å²) >= 11 is 3.64. The summed E-state index contributed by atoms with van der Waals surface area (Å²) in [5.41, 5.74) is 9.00. The Morgan fingerprint density at radius 3 is 3.07 bits per heavy atom. The van der Waals surface area contributed by atoms with Crippen LogP contribution in [0.2, 0.25) is 0 Å². The van der Waals surface area contributed by atoms with E-state index in [0.717, 1.165) is 6.42 Å². The van der Waals surface area contributed by atoms with E-state index in [2.05, 4.69) is 39.0 Å². The fourth-order valence-electron chi connectivity index (χ4n) is 2.93. The summed E-state index contributed by atoms with van der Waals surface area (Å²) in [4.78, 5) is 2.42. The normalized spacial score (nSPS) is 28.8. The van der Waals surface area contributed by atoms with Crippen LogP contribution in [0.5, 0.6) is 0 Å². The van der Waals surface area contributed by atoms with Gasteiger partial charge in [0.05, 0.1) is 11.9 Å². The number of anilines is 1. The van der Waals surface area contributed by atoms with Gasteiger partial charge in [-0.1, -0.05) is 12.1 Å². The molecule has 1 saturated heterocycles. The van der Waals surface area contributed by atoms with Gasteiger partial charge < -0.3 is 10.6 Å². The lowest BCUT2D eigenvalue weighted by Gasteiger charge is -2.38. The molecule has 1 aromatic rings. The molecule has 0 amide bonds. The van der Waals surface area contributed by atoms with E-state index < -0.39 is 0 Å². The predicted octanol–water partition coefficient (Wildman–Crippen LogP) is 2.65. The van der Waals surface area contributed by atoms with Crippen LogP contribution in [-0.2, 0) is 6.42 Å². The number of nitrogens with two attached hydrogens (primary N) is 1. The van der Waals surface area contributed by atoms with E-state index in [1.807, 2.05) is 0 Å². The highest BCUT2D eigenvalue weighted by molar-refractivity contribution is 9.10. The van der Waals surface area contributed by atoms with Gasteiger partial charge in [0.2, 0.25) is 0 Å². The van der Waals surface area contributed by atoms with Crippen LogP contribution in [0, 0.1) is 0 Å². The van der Waals surface area contributed by atoms with Gasteiger partial charge in [-0.15, -0.1) is 0 Å². The quantitative estimate of drug-likeness (QED) is 0.783.